The van der Waals surface area contributed by atoms with Gasteiger partial charge in [0.15, 0.2) is 11.6 Å². The van der Waals surface area contributed by atoms with Crippen LogP contribution in [0.4, 0.5) is 0 Å². The molecule has 0 amide bonds. The molecule has 4 rings (SSSR count). The van der Waals surface area contributed by atoms with Crippen LogP contribution in [0.3, 0.4) is 0 Å². The Kier molecular flexibility index (Phi) is 2.82. The molecular formula is C20H26O3. The summed E-state index contributed by atoms with van der Waals surface area (Å²) in [6, 6.07) is 0. The van der Waals surface area contributed by atoms with Gasteiger partial charge in [-0.1, -0.05) is 32.9 Å². The quantitative estimate of drug-likeness (QED) is 0.699. The summed E-state index contributed by atoms with van der Waals surface area (Å²) in [6.07, 6.45) is 2.22. The lowest BCUT2D eigenvalue weighted by atomic mass is 9.64. The van der Waals surface area contributed by atoms with Crippen LogP contribution in [0.1, 0.15) is 47.0 Å². The highest BCUT2D eigenvalue weighted by Gasteiger charge is 2.67. The highest BCUT2D eigenvalue weighted by Crippen LogP contribution is 2.70. The second kappa shape index (κ2) is 4.24. The fourth-order valence-corrected chi connectivity index (χ4v) is 6.02. The highest BCUT2D eigenvalue weighted by atomic mass is 16.3. The molecule has 0 spiro atoms. The zero-order valence-corrected chi connectivity index (χ0v) is 14.5. The number of ketones is 2. The molecule has 1 N–H and O–H groups in total. The number of Topliss-reactive ketones (excluding diaryl/α,β-unsaturated/α-hetero) is 2. The summed E-state index contributed by atoms with van der Waals surface area (Å²) in [5.41, 5.74) is 1.12. The monoisotopic (exact) mass is 314 g/mol. The van der Waals surface area contributed by atoms with Crippen molar-refractivity contribution in [3.05, 3.63) is 23.3 Å². The molecule has 4 aliphatic rings. The average molecular weight is 314 g/mol. The lowest BCUT2D eigenvalue weighted by molar-refractivity contribution is -0.130. The predicted molar refractivity (Wildman–Crippen MR) is 87.6 cm³/mol. The summed E-state index contributed by atoms with van der Waals surface area (Å²) in [4.78, 5) is 25.7. The van der Waals surface area contributed by atoms with Crippen LogP contribution in [0.15, 0.2) is 23.3 Å². The second-order valence-corrected chi connectivity index (χ2v) is 9.03. The molecular weight excluding hydrogens is 288 g/mol. The van der Waals surface area contributed by atoms with Crippen LogP contribution in [0, 0.1) is 35.0 Å². The minimum Gasteiger partial charge on any atom is -0.382 e. The fraction of sp³-hybridized carbons (Fsp3) is 0.700. The van der Waals surface area contributed by atoms with Crippen LogP contribution < -0.4 is 0 Å². The van der Waals surface area contributed by atoms with Gasteiger partial charge in [-0.3, -0.25) is 9.59 Å². The number of carbonyl (C=O) groups is 2. The van der Waals surface area contributed by atoms with Crippen molar-refractivity contribution >= 4 is 11.6 Å². The standard InChI is InChI=1S/C20H26O3/c1-9-6-7-12-16(19(12,3)4)14-10(2)17(21)11-8-20(5,23)18(22)15(11)13(9)14/h10,12-14,16,23H,1,6-8H2,2-5H3/t10-,12-,13+,14-,16-,20-/m0/s1. The van der Waals surface area contributed by atoms with Crippen molar-refractivity contribution in [1.29, 1.82) is 0 Å². The predicted octanol–water partition coefficient (Wildman–Crippen LogP) is 3.08. The molecule has 6 atom stereocenters. The van der Waals surface area contributed by atoms with E-state index in [1.165, 1.54) is 0 Å². The Balaban J connectivity index is 1.87. The van der Waals surface area contributed by atoms with Crippen LogP contribution in [-0.2, 0) is 9.59 Å². The topological polar surface area (TPSA) is 54.4 Å². The number of hydrogen-bond donors (Lipinski definition) is 1. The molecule has 23 heavy (non-hydrogen) atoms. The average Bonchev–Trinajstić information content (AvgIpc) is 2.96. The van der Waals surface area contributed by atoms with Gasteiger partial charge in [0.05, 0.1) is 0 Å². The van der Waals surface area contributed by atoms with Crippen LogP contribution >= 0.6 is 0 Å². The third-order valence-electron chi connectivity index (χ3n) is 7.33. The first-order valence-electron chi connectivity index (χ1n) is 8.81. The first-order valence-corrected chi connectivity index (χ1v) is 8.81. The lowest BCUT2D eigenvalue weighted by Crippen LogP contribution is -2.39. The Morgan fingerprint density at radius 2 is 1.87 bits per heavy atom. The van der Waals surface area contributed by atoms with Crippen molar-refractivity contribution in [2.24, 2.45) is 35.0 Å². The van der Waals surface area contributed by atoms with E-state index in [2.05, 4.69) is 20.4 Å². The van der Waals surface area contributed by atoms with Crippen LogP contribution in [0.25, 0.3) is 0 Å². The molecule has 0 saturated heterocycles. The number of fused-ring (bicyclic) bond motifs is 4. The smallest absolute Gasteiger partial charge is 0.191 e. The van der Waals surface area contributed by atoms with Gasteiger partial charge >= 0.3 is 0 Å². The summed E-state index contributed by atoms with van der Waals surface area (Å²) in [6.45, 7) is 12.4. The van der Waals surface area contributed by atoms with Gasteiger partial charge < -0.3 is 5.11 Å². The van der Waals surface area contributed by atoms with Crippen LogP contribution in [0.2, 0.25) is 0 Å². The molecule has 0 aromatic carbocycles. The van der Waals surface area contributed by atoms with Gasteiger partial charge in [-0.05, 0) is 42.9 Å². The fourth-order valence-electron chi connectivity index (χ4n) is 6.02. The van der Waals surface area contributed by atoms with Gasteiger partial charge in [-0.25, -0.2) is 0 Å². The Labute approximate surface area is 137 Å². The van der Waals surface area contributed by atoms with Gasteiger partial charge in [-0.2, -0.15) is 0 Å². The van der Waals surface area contributed by atoms with E-state index >= 15 is 0 Å². The molecule has 0 aliphatic heterocycles. The molecule has 124 valence electrons. The van der Waals surface area contributed by atoms with E-state index in [0.29, 0.717) is 23.0 Å². The molecule has 0 unspecified atom stereocenters. The normalized spacial score (nSPS) is 47.9. The Morgan fingerprint density at radius 3 is 2.52 bits per heavy atom. The maximum atomic E-state index is 12.9. The maximum Gasteiger partial charge on any atom is 0.191 e. The first-order chi connectivity index (χ1) is 10.6. The van der Waals surface area contributed by atoms with Crippen molar-refractivity contribution in [1.82, 2.24) is 0 Å². The van der Waals surface area contributed by atoms with Crippen LogP contribution in [-0.4, -0.2) is 22.3 Å². The molecule has 0 heterocycles. The van der Waals surface area contributed by atoms with Crippen molar-refractivity contribution in [3.8, 4) is 0 Å². The van der Waals surface area contributed by atoms with Gasteiger partial charge in [0.1, 0.15) is 5.60 Å². The summed E-state index contributed by atoms with van der Waals surface area (Å²) < 4.78 is 0. The maximum absolute atomic E-state index is 12.9. The Morgan fingerprint density at radius 1 is 1.22 bits per heavy atom. The van der Waals surface area contributed by atoms with Gasteiger partial charge in [-0.15, -0.1) is 0 Å². The Hall–Kier alpha value is -1.22. The minimum absolute atomic E-state index is 0.0315. The van der Waals surface area contributed by atoms with E-state index in [9.17, 15) is 14.7 Å². The molecule has 3 heteroatoms. The summed E-state index contributed by atoms with van der Waals surface area (Å²) >= 11 is 0. The molecule has 2 saturated carbocycles. The van der Waals surface area contributed by atoms with E-state index in [1.54, 1.807) is 6.92 Å². The molecule has 0 aromatic heterocycles. The molecule has 3 nitrogen and oxygen atoms in total. The van der Waals surface area contributed by atoms with Crippen molar-refractivity contribution < 1.29 is 14.7 Å². The third kappa shape index (κ3) is 1.75. The number of hydrogen-bond acceptors (Lipinski definition) is 3. The second-order valence-electron chi connectivity index (χ2n) is 9.03. The molecule has 4 aliphatic carbocycles. The number of aliphatic hydroxyl groups is 1. The van der Waals surface area contributed by atoms with E-state index in [-0.39, 0.29) is 41.2 Å². The number of rotatable bonds is 0. The van der Waals surface area contributed by atoms with Crippen molar-refractivity contribution in [3.63, 3.8) is 0 Å². The molecule has 0 aromatic rings. The highest BCUT2D eigenvalue weighted by molar-refractivity contribution is 6.16. The van der Waals surface area contributed by atoms with E-state index in [4.69, 9.17) is 0 Å². The van der Waals surface area contributed by atoms with Crippen LogP contribution in [0.5, 0.6) is 0 Å². The van der Waals surface area contributed by atoms with Crippen molar-refractivity contribution in [2.75, 3.05) is 0 Å². The lowest BCUT2D eigenvalue weighted by Gasteiger charge is -2.38. The zero-order valence-electron chi connectivity index (χ0n) is 14.5. The molecule has 2 fully saturated rings. The summed E-state index contributed by atoms with van der Waals surface area (Å²) in [7, 11) is 0. The summed E-state index contributed by atoms with van der Waals surface area (Å²) in [5, 5.41) is 10.5. The number of allylic oxidation sites excluding steroid dienone is 1. The summed E-state index contributed by atoms with van der Waals surface area (Å²) in [5.74, 6) is 1.03. The van der Waals surface area contributed by atoms with Gasteiger partial charge in [0.25, 0.3) is 0 Å². The molecule has 0 bridgehead atoms. The first kappa shape index (κ1) is 15.3. The van der Waals surface area contributed by atoms with Gasteiger partial charge in [0, 0.05) is 29.4 Å². The third-order valence-corrected chi connectivity index (χ3v) is 7.33. The van der Waals surface area contributed by atoms with E-state index < -0.39 is 5.60 Å². The Bertz CT molecular complexity index is 679. The van der Waals surface area contributed by atoms with Crippen molar-refractivity contribution in [2.45, 2.75) is 52.6 Å². The number of carbonyl (C=O) groups excluding carboxylic acids is 2. The SMILES string of the molecule is C=C1CC[C@H]2[C@@H]([C@@H]3[C@@H]1C1=C(C[C@](C)(O)C1=O)C(=O)[C@H]3C)C2(C)C. The zero-order chi connectivity index (χ0) is 16.9. The molecule has 0 radical (unpaired) electrons. The van der Waals surface area contributed by atoms with E-state index in [1.807, 2.05) is 6.92 Å². The van der Waals surface area contributed by atoms with E-state index in [0.717, 1.165) is 18.4 Å². The van der Waals surface area contributed by atoms with Gasteiger partial charge in [0.2, 0.25) is 0 Å². The largest absolute Gasteiger partial charge is 0.382 e. The minimum atomic E-state index is -1.42.